The summed E-state index contributed by atoms with van der Waals surface area (Å²) in [6, 6.07) is 10.9. The zero-order valence-electron chi connectivity index (χ0n) is 11.2. The number of hydrogen-bond acceptors (Lipinski definition) is 4. The summed E-state index contributed by atoms with van der Waals surface area (Å²) in [6.45, 7) is 0. The van der Waals surface area contributed by atoms with E-state index in [9.17, 15) is 9.59 Å². The Hall–Kier alpha value is -2.40. The van der Waals surface area contributed by atoms with Crippen molar-refractivity contribution in [2.24, 2.45) is 0 Å². The Bertz CT molecular complexity index is 646. The van der Waals surface area contributed by atoms with Crippen LogP contribution < -0.4 is 5.32 Å². The third kappa shape index (κ3) is 3.79. The Kier molecular flexibility index (Phi) is 4.90. The summed E-state index contributed by atoms with van der Waals surface area (Å²) in [4.78, 5) is 27.9. The number of benzene rings is 1. The maximum Gasteiger partial charge on any atom is 0.333 e. The summed E-state index contributed by atoms with van der Waals surface area (Å²) in [5.74, 6) is -1.06. The van der Waals surface area contributed by atoms with Crippen LogP contribution >= 0.6 is 11.6 Å². The monoisotopic (exact) mass is 304 g/mol. The van der Waals surface area contributed by atoms with Gasteiger partial charge in [-0.05, 0) is 17.7 Å². The molecular formula is C15H13ClN2O3. The van der Waals surface area contributed by atoms with E-state index in [1.54, 1.807) is 30.3 Å². The maximum atomic E-state index is 12.2. The first-order chi connectivity index (χ1) is 10.1. The highest BCUT2D eigenvalue weighted by Gasteiger charge is 2.24. The van der Waals surface area contributed by atoms with Crippen molar-refractivity contribution in [3.05, 3.63) is 64.9 Å². The number of ether oxygens (including phenoxy) is 1. The number of rotatable bonds is 4. The van der Waals surface area contributed by atoms with Gasteiger partial charge >= 0.3 is 5.97 Å². The Balaban J connectivity index is 2.23. The van der Waals surface area contributed by atoms with Gasteiger partial charge in [-0.1, -0.05) is 41.9 Å². The van der Waals surface area contributed by atoms with Gasteiger partial charge in [-0.25, -0.2) is 4.79 Å². The number of esters is 1. The van der Waals surface area contributed by atoms with Crippen LogP contribution in [-0.2, 0) is 9.53 Å². The van der Waals surface area contributed by atoms with Crippen molar-refractivity contribution < 1.29 is 14.3 Å². The van der Waals surface area contributed by atoms with E-state index in [2.05, 4.69) is 10.3 Å². The fourth-order valence-corrected chi connectivity index (χ4v) is 1.94. The highest BCUT2D eigenvalue weighted by molar-refractivity contribution is 6.30. The number of carbonyl (C=O) groups excluding carboxylic acids is 2. The molecule has 1 unspecified atom stereocenters. The summed E-state index contributed by atoms with van der Waals surface area (Å²) in [7, 11) is 1.27. The number of pyridine rings is 1. The molecule has 108 valence electrons. The molecule has 1 aromatic heterocycles. The van der Waals surface area contributed by atoms with Gasteiger partial charge in [0, 0.05) is 11.2 Å². The molecule has 0 saturated heterocycles. The minimum Gasteiger partial charge on any atom is -0.467 e. The molecule has 21 heavy (non-hydrogen) atoms. The van der Waals surface area contributed by atoms with Crippen LogP contribution in [0.4, 0.5) is 0 Å². The van der Waals surface area contributed by atoms with Crippen molar-refractivity contribution in [2.45, 2.75) is 6.04 Å². The topological polar surface area (TPSA) is 68.3 Å². The number of hydrogen-bond donors (Lipinski definition) is 1. The van der Waals surface area contributed by atoms with E-state index in [-0.39, 0.29) is 5.69 Å². The van der Waals surface area contributed by atoms with Gasteiger partial charge < -0.3 is 10.1 Å². The number of nitrogens with zero attached hydrogens (tertiary/aromatic N) is 1. The van der Waals surface area contributed by atoms with Gasteiger partial charge in [-0.15, -0.1) is 0 Å². The van der Waals surface area contributed by atoms with Crippen molar-refractivity contribution in [3.63, 3.8) is 0 Å². The molecule has 6 heteroatoms. The zero-order chi connectivity index (χ0) is 15.2. The van der Waals surface area contributed by atoms with Gasteiger partial charge in [0.05, 0.1) is 7.11 Å². The normalized spacial score (nSPS) is 11.5. The first kappa shape index (κ1) is 15.0. The lowest BCUT2D eigenvalue weighted by Crippen LogP contribution is -2.34. The molecule has 0 bridgehead atoms. The molecule has 0 radical (unpaired) electrons. The van der Waals surface area contributed by atoms with Gasteiger partial charge in [-0.3, -0.25) is 9.78 Å². The molecule has 0 spiro atoms. The molecule has 0 aliphatic heterocycles. The molecule has 2 aromatic rings. The molecule has 0 saturated carbocycles. The number of amides is 1. The van der Waals surface area contributed by atoms with Crippen LogP contribution in [0.2, 0.25) is 5.02 Å². The van der Waals surface area contributed by atoms with Crippen LogP contribution in [0, 0.1) is 0 Å². The van der Waals surface area contributed by atoms with Gasteiger partial charge in [0.15, 0.2) is 6.04 Å². The van der Waals surface area contributed by atoms with E-state index in [4.69, 9.17) is 16.3 Å². The zero-order valence-corrected chi connectivity index (χ0v) is 12.0. The lowest BCUT2D eigenvalue weighted by atomic mass is 10.1. The number of halogens is 1. The minimum atomic E-state index is -0.899. The summed E-state index contributed by atoms with van der Waals surface area (Å²) in [5.41, 5.74) is 0.757. The van der Waals surface area contributed by atoms with Crippen molar-refractivity contribution in [2.75, 3.05) is 7.11 Å². The summed E-state index contributed by atoms with van der Waals surface area (Å²) in [5, 5.41) is 2.99. The molecule has 2 rings (SSSR count). The first-order valence-electron chi connectivity index (χ1n) is 6.17. The van der Waals surface area contributed by atoms with Crippen molar-refractivity contribution >= 4 is 23.5 Å². The van der Waals surface area contributed by atoms with Crippen molar-refractivity contribution in [1.82, 2.24) is 10.3 Å². The summed E-state index contributed by atoms with van der Waals surface area (Å²) in [6.07, 6.45) is 1.42. The number of methoxy groups -OCH3 is 1. The quantitative estimate of drug-likeness (QED) is 0.881. The number of aromatic nitrogens is 1. The number of nitrogens with one attached hydrogen (secondary N) is 1. The van der Waals surface area contributed by atoms with Crippen molar-refractivity contribution in [1.29, 1.82) is 0 Å². The lowest BCUT2D eigenvalue weighted by Gasteiger charge is -2.16. The molecule has 0 fully saturated rings. The van der Waals surface area contributed by atoms with Gasteiger partial charge in [-0.2, -0.15) is 0 Å². The van der Waals surface area contributed by atoms with Crippen LogP contribution in [0.3, 0.4) is 0 Å². The molecule has 1 aromatic carbocycles. The maximum absolute atomic E-state index is 12.2. The smallest absolute Gasteiger partial charge is 0.333 e. The average molecular weight is 305 g/mol. The van der Waals surface area contributed by atoms with Gasteiger partial charge in [0.25, 0.3) is 5.91 Å². The van der Waals surface area contributed by atoms with E-state index in [1.807, 2.05) is 6.07 Å². The standard InChI is InChI=1S/C15H13ClN2O3/c1-21-15(20)13(10-5-3-2-4-6-10)18-14(19)12-9-11(16)7-8-17-12/h2-9,13H,1H3,(H,18,19). The largest absolute Gasteiger partial charge is 0.467 e. The van der Waals surface area contributed by atoms with Crippen LogP contribution in [0.1, 0.15) is 22.1 Å². The number of carbonyl (C=O) groups is 2. The molecule has 5 nitrogen and oxygen atoms in total. The van der Waals surface area contributed by atoms with E-state index in [0.717, 1.165) is 0 Å². The highest BCUT2D eigenvalue weighted by atomic mass is 35.5. The fraction of sp³-hybridized carbons (Fsp3) is 0.133. The predicted octanol–water partition coefficient (Wildman–Crippen LogP) is 2.38. The van der Waals surface area contributed by atoms with Crippen LogP contribution in [0.5, 0.6) is 0 Å². The molecule has 0 aliphatic rings. The Morgan fingerprint density at radius 2 is 1.95 bits per heavy atom. The lowest BCUT2D eigenvalue weighted by molar-refractivity contribution is -0.143. The minimum absolute atomic E-state index is 0.132. The van der Waals surface area contributed by atoms with E-state index in [1.165, 1.54) is 19.4 Å². The van der Waals surface area contributed by atoms with Gasteiger partial charge in [0.2, 0.25) is 0 Å². The molecule has 1 heterocycles. The molecular weight excluding hydrogens is 292 g/mol. The SMILES string of the molecule is COC(=O)C(NC(=O)c1cc(Cl)ccn1)c1ccccc1. The van der Waals surface area contributed by atoms with Crippen molar-refractivity contribution in [3.8, 4) is 0 Å². The third-order valence-corrected chi connectivity index (χ3v) is 3.03. The highest BCUT2D eigenvalue weighted by Crippen LogP contribution is 2.15. The second-order valence-corrected chi connectivity index (χ2v) is 4.64. The second-order valence-electron chi connectivity index (χ2n) is 4.20. The Labute approximate surface area is 126 Å². The molecule has 1 atom stereocenters. The van der Waals surface area contributed by atoms with E-state index < -0.39 is 17.9 Å². The molecule has 1 amide bonds. The molecule has 1 N–H and O–H groups in total. The predicted molar refractivity (Wildman–Crippen MR) is 77.9 cm³/mol. The Morgan fingerprint density at radius 3 is 2.57 bits per heavy atom. The van der Waals surface area contributed by atoms with Gasteiger partial charge in [0.1, 0.15) is 5.69 Å². The fourth-order valence-electron chi connectivity index (χ4n) is 1.78. The van der Waals surface area contributed by atoms with Crippen LogP contribution in [0.15, 0.2) is 48.7 Å². The first-order valence-corrected chi connectivity index (χ1v) is 6.55. The Morgan fingerprint density at radius 1 is 1.24 bits per heavy atom. The molecule has 0 aliphatic carbocycles. The third-order valence-electron chi connectivity index (χ3n) is 2.80. The summed E-state index contributed by atoms with van der Waals surface area (Å²) < 4.78 is 4.73. The average Bonchev–Trinajstić information content (AvgIpc) is 2.52. The van der Waals surface area contributed by atoms with Crippen LogP contribution in [0.25, 0.3) is 0 Å². The second kappa shape index (κ2) is 6.85. The van der Waals surface area contributed by atoms with E-state index in [0.29, 0.717) is 10.6 Å². The van der Waals surface area contributed by atoms with Crippen LogP contribution in [-0.4, -0.2) is 24.0 Å². The summed E-state index contributed by atoms with van der Waals surface area (Å²) >= 11 is 5.82. The van der Waals surface area contributed by atoms with E-state index >= 15 is 0 Å².